The number of aryl methyl sites for hydroxylation is 1. The SMILES string of the molecule is [B]Nc1nonc1C. The summed E-state index contributed by atoms with van der Waals surface area (Å²) in [7, 11) is 4.98. The molecule has 40 valence electrons. The molecule has 0 unspecified atom stereocenters. The Morgan fingerprint density at radius 2 is 2.38 bits per heavy atom. The van der Waals surface area contributed by atoms with Gasteiger partial charge in [0.25, 0.3) is 0 Å². The van der Waals surface area contributed by atoms with E-state index < -0.39 is 0 Å². The number of hydrogen-bond donors (Lipinski definition) is 1. The summed E-state index contributed by atoms with van der Waals surface area (Å²) in [5.74, 6) is 0.477. The van der Waals surface area contributed by atoms with Crippen molar-refractivity contribution in [3.8, 4) is 0 Å². The van der Waals surface area contributed by atoms with Gasteiger partial charge < -0.3 is 5.23 Å². The molecular formula is C3H4BN3O. The Morgan fingerprint density at radius 3 is 2.62 bits per heavy atom. The number of nitrogens with zero attached hydrogens (tertiary/aromatic N) is 2. The van der Waals surface area contributed by atoms with Crippen LogP contribution in [0.15, 0.2) is 4.63 Å². The highest BCUT2D eigenvalue weighted by molar-refractivity contribution is 6.15. The lowest BCUT2D eigenvalue weighted by atomic mass is 10.4. The molecule has 5 heteroatoms. The summed E-state index contributed by atoms with van der Waals surface area (Å²) in [4.78, 5) is 0. The maximum Gasteiger partial charge on any atom is 0.224 e. The zero-order valence-electron chi connectivity index (χ0n) is 4.38. The maximum absolute atomic E-state index is 4.98. The average Bonchev–Trinajstić information content (AvgIpc) is 2.14. The largest absolute Gasteiger partial charge is 0.418 e. The molecule has 1 aromatic heterocycles. The first-order chi connectivity index (χ1) is 3.84. The Hall–Kier alpha value is -0.995. The Bertz CT molecular complexity index is 175. The van der Waals surface area contributed by atoms with E-state index in [9.17, 15) is 0 Å². The normalized spacial score (nSPS) is 9.12. The second kappa shape index (κ2) is 1.86. The third-order valence-corrected chi connectivity index (χ3v) is 0.789. The van der Waals surface area contributed by atoms with Crippen molar-refractivity contribution in [1.82, 2.24) is 10.3 Å². The number of nitrogens with one attached hydrogen (secondary N) is 1. The van der Waals surface area contributed by atoms with E-state index in [0.717, 1.165) is 0 Å². The van der Waals surface area contributed by atoms with Crippen molar-refractivity contribution in [2.75, 3.05) is 5.23 Å². The zero-order valence-corrected chi connectivity index (χ0v) is 4.38. The summed E-state index contributed by atoms with van der Waals surface area (Å²) in [6.45, 7) is 1.74. The van der Waals surface area contributed by atoms with Crippen molar-refractivity contribution in [3.63, 3.8) is 0 Å². The van der Waals surface area contributed by atoms with Crippen LogP contribution in [0.1, 0.15) is 5.69 Å². The molecule has 0 saturated heterocycles. The van der Waals surface area contributed by atoms with Crippen molar-refractivity contribution in [2.24, 2.45) is 0 Å². The Labute approximate surface area is 47.7 Å². The van der Waals surface area contributed by atoms with Crippen molar-refractivity contribution in [3.05, 3.63) is 5.69 Å². The quantitative estimate of drug-likeness (QED) is 0.510. The highest BCUT2D eigenvalue weighted by atomic mass is 16.6. The van der Waals surface area contributed by atoms with Gasteiger partial charge in [0.15, 0.2) is 5.82 Å². The minimum atomic E-state index is 0.477. The maximum atomic E-state index is 4.98. The van der Waals surface area contributed by atoms with Crippen LogP contribution in [0.25, 0.3) is 0 Å². The van der Waals surface area contributed by atoms with E-state index >= 15 is 0 Å². The Kier molecular flexibility index (Phi) is 1.19. The lowest BCUT2D eigenvalue weighted by Gasteiger charge is -1.86. The molecule has 0 aliphatic rings. The molecule has 0 aliphatic carbocycles. The van der Waals surface area contributed by atoms with Crippen LogP contribution >= 0.6 is 0 Å². The van der Waals surface area contributed by atoms with Gasteiger partial charge in [0.2, 0.25) is 7.98 Å². The van der Waals surface area contributed by atoms with Gasteiger partial charge in [-0.15, -0.1) is 0 Å². The topological polar surface area (TPSA) is 51.0 Å². The third kappa shape index (κ3) is 0.663. The number of hydrogen-bond acceptors (Lipinski definition) is 4. The summed E-state index contributed by atoms with van der Waals surface area (Å²) in [6.07, 6.45) is 0. The molecular weight excluding hydrogens is 105 g/mol. The Morgan fingerprint density at radius 1 is 1.62 bits per heavy atom. The summed E-state index contributed by atoms with van der Waals surface area (Å²) in [5.41, 5.74) is 0.660. The van der Waals surface area contributed by atoms with E-state index in [2.05, 4.69) is 20.2 Å². The smallest absolute Gasteiger partial charge is 0.224 e. The molecule has 2 radical (unpaired) electrons. The van der Waals surface area contributed by atoms with Gasteiger partial charge in [0.1, 0.15) is 5.69 Å². The van der Waals surface area contributed by atoms with E-state index in [-0.39, 0.29) is 0 Å². The standard InChI is InChI=1S/C3H4BN3O/c1-2-3(5-4)7-8-6-2/h1H3,(H,5,7). The van der Waals surface area contributed by atoms with Crippen molar-refractivity contribution in [2.45, 2.75) is 6.92 Å². The first-order valence-electron chi connectivity index (χ1n) is 2.10. The summed E-state index contributed by atoms with van der Waals surface area (Å²) in [5, 5.41) is 9.18. The predicted octanol–water partition coefficient (Wildman–Crippen LogP) is -0.127. The molecule has 0 saturated carbocycles. The lowest BCUT2D eigenvalue weighted by molar-refractivity contribution is 0.306. The fourth-order valence-corrected chi connectivity index (χ4v) is 0.363. The molecule has 0 amide bonds. The second-order valence-electron chi connectivity index (χ2n) is 1.34. The molecule has 0 spiro atoms. The van der Waals surface area contributed by atoms with Gasteiger partial charge in [-0.3, -0.25) is 0 Å². The van der Waals surface area contributed by atoms with E-state index in [1.807, 2.05) is 0 Å². The highest BCUT2D eigenvalue weighted by Crippen LogP contribution is 2.03. The minimum Gasteiger partial charge on any atom is -0.418 e. The monoisotopic (exact) mass is 109 g/mol. The zero-order chi connectivity index (χ0) is 5.98. The van der Waals surface area contributed by atoms with E-state index in [0.29, 0.717) is 11.5 Å². The molecule has 0 atom stereocenters. The van der Waals surface area contributed by atoms with Gasteiger partial charge in [0.05, 0.1) is 0 Å². The van der Waals surface area contributed by atoms with Crippen LogP contribution in [0.4, 0.5) is 5.82 Å². The average molecular weight is 109 g/mol. The van der Waals surface area contributed by atoms with Gasteiger partial charge in [0, 0.05) is 0 Å². The molecule has 1 aromatic rings. The van der Waals surface area contributed by atoms with Gasteiger partial charge in [-0.1, -0.05) is 5.16 Å². The summed E-state index contributed by atoms with van der Waals surface area (Å²) in [6, 6.07) is 0. The van der Waals surface area contributed by atoms with E-state index in [1.54, 1.807) is 6.92 Å². The highest BCUT2D eigenvalue weighted by Gasteiger charge is 1.97. The molecule has 0 fully saturated rings. The molecule has 1 rings (SSSR count). The first kappa shape index (κ1) is 5.15. The van der Waals surface area contributed by atoms with E-state index in [4.69, 9.17) is 7.98 Å². The number of aromatic nitrogens is 2. The molecule has 0 bridgehead atoms. The van der Waals surface area contributed by atoms with Crippen molar-refractivity contribution >= 4 is 13.8 Å². The van der Waals surface area contributed by atoms with Gasteiger partial charge in [-0.05, 0) is 12.1 Å². The molecule has 1 heterocycles. The van der Waals surface area contributed by atoms with Crippen LogP contribution in [0.5, 0.6) is 0 Å². The number of anilines is 1. The second-order valence-corrected chi connectivity index (χ2v) is 1.34. The van der Waals surface area contributed by atoms with Crippen LogP contribution in [0.3, 0.4) is 0 Å². The van der Waals surface area contributed by atoms with Crippen LogP contribution in [0, 0.1) is 6.92 Å². The molecule has 4 nitrogen and oxygen atoms in total. The summed E-state index contributed by atoms with van der Waals surface area (Å²) < 4.78 is 4.29. The van der Waals surface area contributed by atoms with Gasteiger partial charge in [-0.25, -0.2) is 4.63 Å². The fourth-order valence-electron chi connectivity index (χ4n) is 0.363. The molecule has 8 heavy (non-hydrogen) atoms. The van der Waals surface area contributed by atoms with Crippen LogP contribution in [-0.2, 0) is 0 Å². The fraction of sp³-hybridized carbons (Fsp3) is 0.333. The van der Waals surface area contributed by atoms with Gasteiger partial charge >= 0.3 is 0 Å². The van der Waals surface area contributed by atoms with Crippen LogP contribution < -0.4 is 5.23 Å². The van der Waals surface area contributed by atoms with Crippen molar-refractivity contribution in [1.29, 1.82) is 0 Å². The summed E-state index contributed by atoms with van der Waals surface area (Å²) >= 11 is 0. The molecule has 0 aliphatic heterocycles. The van der Waals surface area contributed by atoms with Gasteiger partial charge in [-0.2, -0.15) is 0 Å². The van der Waals surface area contributed by atoms with Crippen LogP contribution in [0.2, 0.25) is 0 Å². The van der Waals surface area contributed by atoms with Crippen LogP contribution in [-0.4, -0.2) is 18.3 Å². The third-order valence-electron chi connectivity index (χ3n) is 0.789. The molecule has 1 N–H and O–H groups in total. The lowest BCUT2D eigenvalue weighted by Crippen LogP contribution is -1.91. The van der Waals surface area contributed by atoms with E-state index in [1.165, 1.54) is 0 Å². The van der Waals surface area contributed by atoms with Crippen molar-refractivity contribution < 1.29 is 4.63 Å². The molecule has 0 aromatic carbocycles. The predicted molar refractivity (Wildman–Crippen MR) is 28.4 cm³/mol. The number of rotatable bonds is 1. The minimum absolute atomic E-state index is 0.477. The Balaban J connectivity index is 2.92. The first-order valence-corrected chi connectivity index (χ1v) is 2.10.